The Morgan fingerprint density at radius 1 is 1.28 bits per heavy atom. The molecule has 0 aromatic carbocycles. The van der Waals surface area contributed by atoms with Crippen molar-refractivity contribution in [2.24, 2.45) is 0 Å². The van der Waals surface area contributed by atoms with E-state index >= 15 is 0 Å². The van der Waals surface area contributed by atoms with Crippen LogP contribution >= 0.6 is 0 Å². The Hall–Kier alpha value is -2.45. The lowest BCUT2D eigenvalue weighted by molar-refractivity contribution is -0.141. The van der Waals surface area contributed by atoms with Crippen molar-refractivity contribution in [1.82, 2.24) is 20.2 Å². The number of alkyl halides is 3. The molecule has 0 saturated heterocycles. The first kappa shape index (κ1) is 12.0. The number of aromatic amines is 1. The Kier molecular flexibility index (Phi) is 2.96. The summed E-state index contributed by atoms with van der Waals surface area (Å²) in [4.78, 5) is 18.4. The van der Waals surface area contributed by atoms with Gasteiger partial charge in [-0.2, -0.15) is 23.3 Å². The number of H-pyrrole nitrogens is 1. The van der Waals surface area contributed by atoms with Crippen LogP contribution in [-0.2, 0) is 6.18 Å². The summed E-state index contributed by atoms with van der Waals surface area (Å²) in [6.45, 7) is 0. The molecule has 0 spiro atoms. The molecular weight excluding hydrogens is 251 g/mol. The van der Waals surface area contributed by atoms with Gasteiger partial charge in [-0.25, -0.2) is 5.10 Å². The van der Waals surface area contributed by atoms with Gasteiger partial charge in [-0.15, -0.1) is 0 Å². The zero-order valence-electron chi connectivity index (χ0n) is 8.69. The molecular formula is C9H6F3N5O. The molecule has 1 amide bonds. The van der Waals surface area contributed by atoms with Crippen LogP contribution in [0, 0.1) is 0 Å². The third-order valence-electron chi connectivity index (χ3n) is 1.96. The molecule has 94 valence electrons. The predicted octanol–water partition coefficient (Wildman–Crippen LogP) is 1.47. The first-order chi connectivity index (χ1) is 8.47. The number of hydrogen-bond acceptors (Lipinski definition) is 4. The lowest BCUT2D eigenvalue weighted by atomic mass is 10.2. The molecule has 0 saturated carbocycles. The van der Waals surface area contributed by atoms with Crippen LogP contribution in [0.5, 0.6) is 0 Å². The van der Waals surface area contributed by atoms with Crippen LogP contribution in [0.15, 0.2) is 24.7 Å². The van der Waals surface area contributed by atoms with Crippen LogP contribution in [0.25, 0.3) is 0 Å². The van der Waals surface area contributed by atoms with Crippen molar-refractivity contribution < 1.29 is 18.0 Å². The zero-order valence-corrected chi connectivity index (χ0v) is 8.69. The summed E-state index contributed by atoms with van der Waals surface area (Å²) in [6, 6.07) is 1.76. The number of carbonyl (C=O) groups excluding carboxylic acids is 1. The minimum absolute atomic E-state index is 0.0144. The van der Waals surface area contributed by atoms with Crippen molar-refractivity contribution in [2.75, 3.05) is 5.32 Å². The molecule has 6 nitrogen and oxygen atoms in total. The number of nitrogens with zero attached hydrogens (tertiary/aromatic N) is 3. The van der Waals surface area contributed by atoms with Gasteiger partial charge in [0.1, 0.15) is 12.0 Å². The summed E-state index contributed by atoms with van der Waals surface area (Å²) < 4.78 is 36.7. The molecule has 2 N–H and O–H groups in total. The molecule has 0 radical (unpaired) electrons. The van der Waals surface area contributed by atoms with E-state index in [1.54, 1.807) is 0 Å². The Morgan fingerprint density at radius 2 is 2.06 bits per heavy atom. The fourth-order valence-electron chi connectivity index (χ4n) is 1.14. The Balaban J connectivity index is 2.12. The average molecular weight is 257 g/mol. The van der Waals surface area contributed by atoms with Gasteiger partial charge in [0.25, 0.3) is 5.91 Å². The number of halogens is 3. The highest BCUT2D eigenvalue weighted by atomic mass is 19.4. The Bertz CT molecular complexity index is 534. The molecule has 2 rings (SSSR count). The zero-order chi connectivity index (χ0) is 13.2. The van der Waals surface area contributed by atoms with E-state index in [2.05, 4.69) is 25.5 Å². The van der Waals surface area contributed by atoms with Crippen molar-refractivity contribution >= 4 is 11.9 Å². The molecule has 0 aliphatic heterocycles. The highest BCUT2D eigenvalue weighted by molar-refractivity contribution is 6.03. The van der Waals surface area contributed by atoms with Crippen LogP contribution in [0.2, 0.25) is 0 Å². The lowest BCUT2D eigenvalue weighted by Gasteiger charge is -2.06. The maximum atomic E-state index is 12.2. The number of carbonyl (C=O) groups is 1. The Labute approximate surface area is 98.3 Å². The van der Waals surface area contributed by atoms with Gasteiger partial charge in [-0.05, 0) is 12.1 Å². The fraction of sp³-hybridized carbons (Fsp3) is 0.111. The van der Waals surface area contributed by atoms with Gasteiger partial charge in [-0.3, -0.25) is 15.1 Å². The fourth-order valence-corrected chi connectivity index (χ4v) is 1.14. The monoisotopic (exact) mass is 257 g/mol. The van der Waals surface area contributed by atoms with Crippen LogP contribution in [-0.4, -0.2) is 26.1 Å². The van der Waals surface area contributed by atoms with Crippen molar-refractivity contribution in [2.45, 2.75) is 6.18 Å². The van der Waals surface area contributed by atoms with Crippen LogP contribution < -0.4 is 5.32 Å². The number of pyridine rings is 1. The van der Waals surface area contributed by atoms with Gasteiger partial charge >= 0.3 is 6.18 Å². The lowest BCUT2D eigenvalue weighted by Crippen LogP contribution is -2.15. The standard InChI is InChI=1S/C9H6F3N5O/c10-9(11,12)6-2-1-5(3-13-6)7(18)16-8-14-4-15-17-8/h1-4H,(H2,14,15,16,17,18). The number of aromatic nitrogens is 4. The van der Waals surface area contributed by atoms with Crippen molar-refractivity contribution in [3.05, 3.63) is 35.9 Å². The summed E-state index contributed by atoms with van der Waals surface area (Å²) in [5.74, 6) is -0.534. The van der Waals surface area contributed by atoms with E-state index in [0.717, 1.165) is 18.3 Å². The van der Waals surface area contributed by atoms with Crippen LogP contribution in [0.3, 0.4) is 0 Å². The molecule has 9 heteroatoms. The number of amides is 1. The highest BCUT2D eigenvalue weighted by Gasteiger charge is 2.32. The normalized spacial score (nSPS) is 11.3. The summed E-state index contributed by atoms with van der Waals surface area (Å²) in [5.41, 5.74) is -1.07. The first-order valence-corrected chi connectivity index (χ1v) is 4.67. The number of anilines is 1. The molecule has 2 aromatic rings. The first-order valence-electron chi connectivity index (χ1n) is 4.67. The largest absolute Gasteiger partial charge is 0.433 e. The number of rotatable bonds is 2. The quantitative estimate of drug-likeness (QED) is 0.853. The van der Waals surface area contributed by atoms with E-state index in [-0.39, 0.29) is 11.5 Å². The van der Waals surface area contributed by atoms with Gasteiger partial charge in [0.15, 0.2) is 0 Å². The topological polar surface area (TPSA) is 83.6 Å². The maximum Gasteiger partial charge on any atom is 0.433 e. The molecule has 0 aliphatic carbocycles. The van der Waals surface area contributed by atoms with Gasteiger partial charge < -0.3 is 0 Å². The van der Waals surface area contributed by atoms with Gasteiger partial charge in [0.2, 0.25) is 5.95 Å². The third kappa shape index (κ3) is 2.62. The van der Waals surface area contributed by atoms with Gasteiger partial charge in [0.05, 0.1) is 5.56 Å². The van der Waals surface area contributed by atoms with Gasteiger partial charge in [0, 0.05) is 6.20 Å². The molecule has 18 heavy (non-hydrogen) atoms. The second-order valence-electron chi connectivity index (χ2n) is 3.22. The van der Waals surface area contributed by atoms with Crippen LogP contribution in [0.1, 0.15) is 16.1 Å². The summed E-state index contributed by atoms with van der Waals surface area (Å²) in [7, 11) is 0. The van der Waals surface area contributed by atoms with Gasteiger partial charge in [-0.1, -0.05) is 0 Å². The SMILES string of the molecule is O=C(Nc1ncn[nH]1)c1ccc(C(F)(F)F)nc1. The molecule has 0 aliphatic rings. The van der Waals surface area contributed by atoms with Crippen molar-refractivity contribution in [3.63, 3.8) is 0 Å². The number of hydrogen-bond donors (Lipinski definition) is 2. The molecule has 0 unspecified atom stereocenters. The number of nitrogens with one attached hydrogen (secondary N) is 2. The minimum atomic E-state index is -4.53. The van der Waals surface area contributed by atoms with E-state index in [4.69, 9.17) is 0 Å². The van der Waals surface area contributed by atoms with Crippen molar-refractivity contribution in [3.8, 4) is 0 Å². The molecule has 2 aromatic heterocycles. The van der Waals surface area contributed by atoms with E-state index < -0.39 is 17.8 Å². The molecule has 0 bridgehead atoms. The maximum absolute atomic E-state index is 12.2. The Morgan fingerprint density at radius 3 is 2.56 bits per heavy atom. The van der Waals surface area contributed by atoms with Crippen molar-refractivity contribution in [1.29, 1.82) is 0 Å². The average Bonchev–Trinajstić information content (AvgIpc) is 2.81. The summed E-state index contributed by atoms with van der Waals surface area (Å²) in [5, 5.41) is 8.19. The third-order valence-corrected chi connectivity index (χ3v) is 1.96. The van der Waals surface area contributed by atoms with E-state index in [1.807, 2.05) is 0 Å². The summed E-state index contributed by atoms with van der Waals surface area (Å²) >= 11 is 0. The molecule has 0 fully saturated rings. The molecule has 0 atom stereocenters. The predicted molar refractivity (Wildman–Crippen MR) is 53.6 cm³/mol. The second-order valence-corrected chi connectivity index (χ2v) is 3.22. The molecule has 2 heterocycles. The summed E-state index contributed by atoms with van der Waals surface area (Å²) in [6.07, 6.45) is -2.50. The van der Waals surface area contributed by atoms with E-state index in [1.165, 1.54) is 6.33 Å². The van der Waals surface area contributed by atoms with E-state index in [0.29, 0.717) is 0 Å². The van der Waals surface area contributed by atoms with E-state index in [9.17, 15) is 18.0 Å². The second kappa shape index (κ2) is 4.43. The van der Waals surface area contributed by atoms with Crippen LogP contribution in [0.4, 0.5) is 19.1 Å². The smallest absolute Gasteiger partial charge is 0.291 e. The minimum Gasteiger partial charge on any atom is -0.291 e. The highest BCUT2D eigenvalue weighted by Crippen LogP contribution is 2.27.